The second-order valence-corrected chi connectivity index (χ2v) is 5.11. The van der Waals surface area contributed by atoms with Crippen LogP contribution in [-0.4, -0.2) is 12.1 Å². The summed E-state index contributed by atoms with van der Waals surface area (Å²) in [5.74, 6) is -3.60. The molecule has 0 fully saturated rings. The number of aryl methyl sites for hydroxylation is 1. The predicted molar refractivity (Wildman–Crippen MR) is 81.5 cm³/mol. The van der Waals surface area contributed by atoms with Crippen molar-refractivity contribution >= 4 is 11.5 Å². The molecule has 0 N–H and O–H groups in total. The summed E-state index contributed by atoms with van der Waals surface area (Å²) in [5.41, 5.74) is -0.808. The average molecular weight is 338 g/mol. The van der Waals surface area contributed by atoms with Crippen LogP contribution in [0.4, 0.5) is 17.6 Å². The van der Waals surface area contributed by atoms with Crippen LogP contribution in [0.25, 0.3) is 5.57 Å². The van der Waals surface area contributed by atoms with Gasteiger partial charge in [0.15, 0.2) is 0 Å². The highest BCUT2D eigenvalue weighted by Gasteiger charge is 2.40. The fourth-order valence-corrected chi connectivity index (χ4v) is 2.02. The number of benzene rings is 2. The van der Waals surface area contributed by atoms with Crippen molar-refractivity contribution in [1.82, 2.24) is 0 Å². The van der Waals surface area contributed by atoms with Crippen molar-refractivity contribution in [2.75, 3.05) is 0 Å². The number of rotatable bonds is 4. The Kier molecular flexibility index (Phi) is 5.39. The van der Waals surface area contributed by atoms with Gasteiger partial charge in [0.05, 0.1) is 0 Å². The van der Waals surface area contributed by atoms with Crippen LogP contribution in [0.15, 0.2) is 60.4 Å². The minimum absolute atomic E-state index is 0.313. The molecule has 2 aromatic carbocycles. The largest absolute Gasteiger partial charge is 0.456 e. The number of carbonyl (C=O) groups is 1. The van der Waals surface area contributed by atoms with Gasteiger partial charge in [0.2, 0.25) is 5.83 Å². The molecule has 0 aliphatic rings. The third kappa shape index (κ3) is 4.44. The Morgan fingerprint density at radius 1 is 1.00 bits per heavy atom. The van der Waals surface area contributed by atoms with Crippen LogP contribution in [0.5, 0.6) is 0 Å². The minimum atomic E-state index is -5.02. The molecular formula is C18H14F4O2. The van der Waals surface area contributed by atoms with E-state index in [0.29, 0.717) is 11.1 Å². The van der Waals surface area contributed by atoms with Gasteiger partial charge in [-0.1, -0.05) is 60.2 Å². The standard InChI is InChI=1S/C18H14F4O2/c1-12-7-9-14(10-8-12)15(18(20,21)22)16(19)17(23)24-11-13-5-3-2-4-6-13/h2-10H,11H2,1H3/b16-15+. The zero-order chi connectivity index (χ0) is 17.7. The van der Waals surface area contributed by atoms with Crippen molar-refractivity contribution < 1.29 is 27.1 Å². The van der Waals surface area contributed by atoms with Crippen LogP contribution in [0.2, 0.25) is 0 Å². The van der Waals surface area contributed by atoms with E-state index >= 15 is 0 Å². The molecular weight excluding hydrogens is 324 g/mol. The van der Waals surface area contributed by atoms with E-state index in [2.05, 4.69) is 4.74 Å². The molecule has 0 aromatic heterocycles. The maximum absolute atomic E-state index is 14.1. The van der Waals surface area contributed by atoms with E-state index in [0.717, 1.165) is 12.1 Å². The summed E-state index contributed by atoms with van der Waals surface area (Å²) in [6, 6.07) is 13.3. The van der Waals surface area contributed by atoms with Crippen molar-refractivity contribution in [1.29, 1.82) is 0 Å². The lowest BCUT2D eigenvalue weighted by Crippen LogP contribution is -2.17. The van der Waals surface area contributed by atoms with Gasteiger partial charge in [-0.15, -0.1) is 0 Å². The topological polar surface area (TPSA) is 26.3 Å². The molecule has 0 spiro atoms. The molecule has 0 unspecified atom stereocenters. The van der Waals surface area contributed by atoms with Crippen molar-refractivity contribution in [3.63, 3.8) is 0 Å². The number of hydrogen-bond donors (Lipinski definition) is 0. The summed E-state index contributed by atoms with van der Waals surface area (Å²) >= 11 is 0. The summed E-state index contributed by atoms with van der Waals surface area (Å²) < 4.78 is 58.3. The predicted octanol–water partition coefficient (Wildman–Crippen LogP) is 4.98. The molecule has 126 valence electrons. The summed E-state index contributed by atoms with van der Waals surface area (Å²) in [6.07, 6.45) is -5.02. The van der Waals surface area contributed by atoms with E-state index in [1.165, 1.54) is 12.1 Å². The zero-order valence-corrected chi connectivity index (χ0v) is 12.7. The summed E-state index contributed by atoms with van der Waals surface area (Å²) in [5, 5.41) is 0. The molecule has 0 saturated carbocycles. The smallest absolute Gasteiger partial charge is 0.420 e. The first-order chi connectivity index (χ1) is 11.3. The second-order valence-electron chi connectivity index (χ2n) is 5.11. The lowest BCUT2D eigenvalue weighted by molar-refractivity contribution is -0.142. The molecule has 6 heteroatoms. The van der Waals surface area contributed by atoms with E-state index in [-0.39, 0.29) is 6.61 Å². The molecule has 0 atom stereocenters. The minimum Gasteiger partial charge on any atom is -0.456 e. The number of alkyl halides is 3. The van der Waals surface area contributed by atoms with Gasteiger partial charge in [-0.05, 0) is 18.1 Å². The van der Waals surface area contributed by atoms with Crippen molar-refractivity contribution in [2.24, 2.45) is 0 Å². The summed E-state index contributed by atoms with van der Waals surface area (Å²) in [6.45, 7) is 1.37. The number of ether oxygens (including phenoxy) is 1. The lowest BCUT2D eigenvalue weighted by atomic mass is 10.0. The molecule has 2 nitrogen and oxygen atoms in total. The SMILES string of the molecule is Cc1ccc(/C(=C(\F)C(=O)OCc2ccccc2)C(F)(F)F)cc1. The van der Waals surface area contributed by atoms with Crippen LogP contribution < -0.4 is 0 Å². The Morgan fingerprint density at radius 3 is 2.12 bits per heavy atom. The molecule has 0 amide bonds. The third-order valence-corrected chi connectivity index (χ3v) is 3.24. The molecule has 0 radical (unpaired) electrons. The molecule has 0 bridgehead atoms. The molecule has 0 aliphatic carbocycles. The first-order valence-electron chi connectivity index (χ1n) is 7.04. The highest BCUT2D eigenvalue weighted by atomic mass is 19.4. The van der Waals surface area contributed by atoms with Crippen LogP contribution in [-0.2, 0) is 16.1 Å². The Balaban J connectivity index is 2.28. The molecule has 2 aromatic rings. The Morgan fingerprint density at radius 2 is 1.58 bits per heavy atom. The number of hydrogen-bond acceptors (Lipinski definition) is 2. The Hall–Kier alpha value is -2.63. The lowest BCUT2D eigenvalue weighted by Gasteiger charge is -2.13. The zero-order valence-electron chi connectivity index (χ0n) is 12.7. The van der Waals surface area contributed by atoms with E-state index in [4.69, 9.17) is 0 Å². The first kappa shape index (κ1) is 17.7. The maximum Gasteiger partial charge on any atom is 0.420 e. The van der Waals surface area contributed by atoms with Gasteiger partial charge < -0.3 is 4.74 Å². The van der Waals surface area contributed by atoms with Crippen LogP contribution in [0.3, 0.4) is 0 Å². The molecule has 0 aliphatic heterocycles. The van der Waals surface area contributed by atoms with Crippen molar-refractivity contribution in [3.8, 4) is 0 Å². The molecule has 24 heavy (non-hydrogen) atoms. The quantitative estimate of drug-likeness (QED) is 0.446. The molecule has 0 heterocycles. The normalized spacial score (nSPS) is 12.5. The number of esters is 1. The van der Waals surface area contributed by atoms with Gasteiger partial charge in [0.1, 0.15) is 12.2 Å². The fraction of sp³-hybridized carbons (Fsp3) is 0.167. The van der Waals surface area contributed by atoms with Gasteiger partial charge in [0, 0.05) is 0 Å². The van der Waals surface area contributed by atoms with E-state index in [1.807, 2.05) is 0 Å². The van der Waals surface area contributed by atoms with Gasteiger partial charge in [-0.2, -0.15) is 17.6 Å². The van der Waals surface area contributed by atoms with Gasteiger partial charge in [-0.25, -0.2) is 4.79 Å². The fourth-order valence-electron chi connectivity index (χ4n) is 2.02. The van der Waals surface area contributed by atoms with Crippen molar-refractivity contribution in [3.05, 3.63) is 77.1 Å². The van der Waals surface area contributed by atoms with Gasteiger partial charge >= 0.3 is 12.1 Å². The number of allylic oxidation sites excluding steroid dienone is 1. The highest BCUT2D eigenvalue weighted by Crippen LogP contribution is 2.37. The second kappa shape index (κ2) is 7.29. The third-order valence-electron chi connectivity index (χ3n) is 3.24. The van der Waals surface area contributed by atoms with Crippen LogP contribution in [0, 0.1) is 6.92 Å². The monoisotopic (exact) mass is 338 g/mol. The molecule has 0 saturated heterocycles. The maximum atomic E-state index is 14.1. The summed E-state index contributed by atoms with van der Waals surface area (Å²) in [4.78, 5) is 11.7. The van der Waals surface area contributed by atoms with Crippen LogP contribution in [0.1, 0.15) is 16.7 Å². The average Bonchev–Trinajstić information content (AvgIpc) is 2.54. The van der Waals surface area contributed by atoms with Gasteiger partial charge in [-0.3, -0.25) is 0 Å². The number of carbonyl (C=O) groups excluding carboxylic acids is 1. The van der Waals surface area contributed by atoms with Crippen molar-refractivity contribution in [2.45, 2.75) is 19.7 Å². The Labute approximate surface area is 136 Å². The molecule has 2 rings (SSSR count). The van der Waals surface area contributed by atoms with E-state index in [9.17, 15) is 22.4 Å². The Bertz CT molecular complexity index is 732. The number of halogens is 4. The van der Waals surface area contributed by atoms with E-state index < -0.39 is 29.1 Å². The first-order valence-corrected chi connectivity index (χ1v) is 7.04. The summed E-state index contributed by atoms with van der Waals surface area (Å²) in [7, 11) is 0. The highest BCUT2D eigenvalue weighted by molar-refractivity contribution is 5.96. The van der Waals surface area contributed by atoms with Crippen LogP contribution >= 0.6 is 0 Å². The van der Waals surface area contributed by atoms with E-state index in [1.54, 1.807) is 37.3 Å². The van der Waals surface area contributed by atoms with Gasteiger partial charge in [0.25, 0.3) is 0 Å².